The van der Waals surface area contributed by atoms with Gasteiger partial charge < -0.3 is 4.74 Å². The number of benzene rings is 1. The van der Waals surface area contributed by atoms with E-state index in [1.54, 1.807) is 0 Å². The molecule has 2 rings (SSSR count). The van der Waals surface area contributed by atoms with Gasteiger partial charge >= 0.3 is 5.97 Å². The van der Waals surface area contributed by atoms with Gasteiger partial charge in [0.1, 0.15) is 6.10 Å². The Morgan fingerprint density at radius 1 is 1.10 bits per heavy atom. The lowest BCUT2D eigenvalue weighted by molar-refractivity contribution is 0.0211. The van der Waals surface area contributed by atoms with Crippen molar-refractivity contribution < 1.29 is 17.9 Å². The zero-order valence-corrected chi connectivity index (χ0v) is 13.2. The predicted octanol–water partition coefficient (Wildman–Crippen LogP) is 2.43. The number of rotatable bonds is 4. The van der Waals surface area contributed by atoms with Gasteiger partial charge in [-0.15, -0.1) is 0 Å². The largest absolute Gasteiger partial charge is 0.459 e. The van der Waals surface area contributed by atoms with Crippen molar-refractivity contribution in [1.29, 1.82) is 0 Å². The van der Waals surface area contributed by atoms with Gasteiger partial charge in [-0.25, -0.2) is 17.5 Å². The first-order chi connectivity index (χ1) is 9.91. The van der Waals surface area contributed by atoms with Crippen LogP contribution in [0.15, 0.2) is 29.2 Å². The monoisotopic (exact) mass is 311 g/mol. The molecule has 0 atom stereocenters. The van der Waals surface area contributed by atoms with Gasteiger partial charge in [-0.1, -0.05) is 6.42 Å². The molecular formula is C15H21NO4S. The summed E-state index contributed by atoms with van der Waals surface area (Å²) in [7, 11) is -0.520. The number of sulfonamides is 1. The lowest BCUT2D eigenvalue weighted by Crippen LogP contribution is -2.23. The van der Waals surface area contributed by atoms with Crippen LogP contribution < -0.4 is 0 Å². The molecule has 0 aliphatic heterocycles. The van der Waals surface area contributed by atoms with E-state index in [0.717, 1.165) is 30.0 Å². The van der Waals surface area contributed by atoms with Crippen molar-refractivity contribution in [3.8, 4) is 0 Å². The van der Waals surface area contributed by atoms with E-state index in [2.05, 4.69) is 0 Å². The van der Waals surface area contributed by atoms with E-state index in [9.17, 15) is 13.2 Å². The minimum absolute atomic E-state index is 0.00330. The van der Waals surface area contributed by atoms with Crippen molar-refractivity contribution in [2.24, 2.45) is 0 Å². The summed E-state index contributed by atoms with van der Waals surface area (Å²) < 4.78 is 30.5. The SMILES string of the molecule is CN(C)S(=O)(=O)c1ccc(C(=O)OC2CCCCC2)cc1. The highest BCUT2D eigenvalue weighted by atomic mass is 32.2. The predicted molar refractivity (Wildman–Crippen MR) is 79.6 cm³/mol. The topological polar surface area (TPSA) is 63.7 Å². The molecule has 1 aliphatic carbocycles. The summed E-state index contributed by atoms with van der Waals surface area (Å²) in [6, 6.07) is 5.88. The van der Waals surface area contributed by atoms with Gasteiger partial charge in [-0.2, -0.15) is 0 Å². The number of hydrogen-bond acceptors (Lipinski definition) is 4. The van der Waals surface area contributed by atoms with Crippen LogP contribution in [0.5, 0.6) is 0 Å². The summed E-state index contributed by atoms with van der Waals surface area (Å²) in [6.07, 6.45) is 5.22. The van der Waals surface area contributed by atoms with Crippen LogP contribution in [0.2, 0.25) is 0 Å². The Kier molecular flexibility index (Phi) is 5.00. The Morgan fingerprint density at radius 3 is 2.19 bits per heavy atom. The number of carbonyl (C=O) groups is 1. The van der Waals surface area contributed by atoms with Gasteiger partial charge in [0.2, 0.25) is 10.0 Å². The van der Waals surface area contributed by atoms with E-state index >= 15 is 0 Å². The molecule has 0 bridgehead atoms. The summed E-state index contributed by atoms with van der Waals surface area (Å²) in [6.45, 7) is 0. The molecule has 21 heavy (non-hydrogen) atoms. The van der Waals surface area contributed by atoms with E-state index in [4.69, 9.17) is 4.74 Å². The van der Waals surface area contributed by atoms with E-state index in [-0.39, 0.29) is 17.0 Å². The van der Waals surface area contributed by atoms with Gasteiger partial charge in [0, 0.05) is 14.1 Å². The normalized spacial score (nSPS) is 16.9. The van der Waals surface area contributed by atoms with Crippen molar-refractivity contribution in [3.63, 3.8) is 0 Å². The highest BCUT2D eigenvalue weighted by molar-refractivity contribution is 7.89. The smallest absolute Gasteiger partial charge is 0.338 e. The molecule has 1 saturated carbocycles. The molecule has 6 heteroatoms. The number of esters is 1. The van der Waals surface area contributed by atoms with Crippen LogP contribution in [0.25, 0.3) is 0 Å². The maximum absolute atomic E-state index is 12.0. The molecule has 0 N–H and O–H groups in total. The van der Waals surface area contributed by atoms with Crippen LogP contribution in [-0.4, -0.2) is 38.9 Å². The van der Waals surface area contributed by atoms with Crippen molar-refractivity contribution >= 4 is 16.0 Å². The van der Waals surface area contributed by atoms with Crippen LogP contribution in [0.3, 0.4) is 0 Å². The molecule has 0 unspecified atom stereocenters. The number of hydrogen-bond donors (Lipinski definition) is 0. The molecule has 1 aromatic rings. The number of carbonyl (C=O) groups excluding carboxylic acids is 1. The van der Waals surface area contributed by atoms with Crippen LogP contribution in [-0.2, 0) is 14.8 Å². The third-order valence-corrected chi connectivity index (χ3v) is 5.52. The summed E-state index contributed by atoms with van der Waals surface area (Å²) in [5, 5.41) is 0. The molecule has 0 amide bonds. The van der Waals surface area contributed by atoms with Crippen LogP contribution in [0.1, 0.15) is 42.5 Å². The lowest BCUT2D eigenvalue weighted by atomic mass is 9.98. The Balaban J connectivity index is 2.06. The molecule has 0 aromatic heterocycles. The second kappa shape index (κ2) is 6.58. The van der Waals surface area contributed by atoms with Gasteiger partial charge in [0.05, 0.1) is 10.5 Å². The molecule has 0 radical (unpaired) electrons. The standard InChI is InChI=1S/C15H21NO4S/c1-16(2)21(18,19)14-10-8-12(9-11-14)15(17)20-13-6-4-3-5-7-13/h8-11,13H,3-7H2,1-2H3. The van der Waals surface area contributed by atoms with E-state index in [0.29, 0.717) is 5.56 Å². The van der Waals surface area contributed by atoms with Gasteiger partial charge in [-0.3, -0.25) is 0 Å². The molecular weight excluding hydrogens is 290 g/mol. The Bertz CT molecular complexity index is 587. The lowest BCUT2D eigenvalue weighted by Gasteiger charge is -2.21. The van der Waals surface area contributed by atoms with E-state index < -0.39 is 10.0 Å². The fourth-order valence-electron chi connectivity index (χ4n) is 2.38. The number of ether oxygens (including phenoxy) is 1. The van der Waals surface area contributed by atoms with Crippen molar-refractivity contribution in [2.75, 3.05) is 14.1 Å². The second-order valence-electron chi connectivity index (χ2n) is 5.48. The molecule has 1 aromatic carbocycles. The second-order valence-corrected chi connectivity index (χ2v) is 7.63. The van der Waals surface area contributed by atoms with Gasteiger partial charge in [0.25, 0.3) is 0 Å². The molecule has 0 spiro atoms. The zero-order valence-electron chi connectivity index (χ0n) is 12.4. The van der Waals surface area contributed by atoms with Gasteiger partial charge in [-0.05, 0) is 49.9 Å². The molecule has 0 saturated heterocycles. The first kappa shape index (κ1) is 16.0. The third kappa shape index (κ3) is 3.83. The molecule has 5 nitrogen and oxygen atoms in total. The molecule has 1 fully saturated rings. The Morgan fingerprint density at radius 2 is 1.67 bits per heavy atom. The van der Waals surface area contributed by atoms with Crippen LogP contribution in [0, 0.1) is 0 Å². The quantitative estimate of drug-likeness (QED) is 0.801. The summed E-state index contributed by atoms with van der Waals surface area (Å²) in [4.78, 5) is 12.2. The van der Waals surface area contributed by atoms with Crippen molar-refractivity contribution in [3.05, 3.63) is 29.8 Å². The minimum Gasteiger partial charge on any atom is -0.459 e. The highest BCUT2D eigenvalue weighted by Crippen LogP contribution is 2.22. The number of nitrogens with zero attached hydrogens (tertiary/aromatic N) is 1. The first-order valence-electron chi connectivity index (χ1n) is 7.15. The summed E-state index contributed by atoms with van der Waals surface area (Å²) in [5.41, 5.74) is 0.387. The van der Waals surface area contributed by atoms with E-state index in [1.165, 1.54) is 44.8 Å². The fourth-order valence-corrected chi connectivity index (χ4v) is 3.28. The highest BCUT2D eigenvalue weighted by Gasteiger charge is 2.20. The molecule has 0 heterocycles. The van der Waals surface area contributed by atoms with Crippen LogP contribution in [0.4, 0.5) is 0 Å². The van der Waals surface area contributed by atoms with Gasteiger partial charge in [0.15, 0.2) is 0 Å². The Labute approximate surface area is 126 Å². The first-order valence-corrected chi connectivity index (χ1v) is 8.59. The average Bonchev–Trinajstić information content (AvgIpc) is 2.48. The zero-order chi connectivity index (χ0) is 15.5. The van der Waals surface area contributed by atoms with Crippen LogP contribution >= 0.6 is 0 Å². The maximum atomic E-state index is 12.0. The van der Waals surface area contributed by atoms with Crippen molar-refractivity contribution in [1.82, 2.24) is 4.31 Å². The summed E-state index contributed by atoms with van der Waals surface area (Å²) in [5.74, 6) is -0.379. The molecule has 116 valence electrons. The van der Waals surface area contributed by atoms with Crippen molar-refractivity contribution in [2.45, 2.75) is 43.1 Å². The summed E-state index contributed by atoms with van der Waals surface area (Å²) >= 11 is 0. The average molecular weight is 311 g/mol. The third-order valence-electron chi connectivity index (χ3n) is 3.69. The van der Waals surface area contributed by atoms with E-state index in [1.807, 2.05) is 0 Å². The molecule has 1 aliphatic rings. The Hall–Kier alpha value is -1.40. The minimum atomic E-state index is -3.47. The fraction of sp³-hybridized carbons (Fsp3) is 0.533. The maximum Gasteiger partial charge on any atom is 0.338 e.